The zero-order valence-corrected chi connectivity index (χ0v) is 10.9. The first-order valence-electron chi connectivity index (χ1n) is 6.50. The molecule has 0 fully saturated rings. The number of hydrogen-bond donors (Lipinski definition) is 0. The van der Waals surface area contributed by atoms with Gasteiger partial charge in [0.05, 0.1) is 5.69 Å². The topological polar surface area (TPSA) is 32.7 Å². The van der Waals surface area contributed by atoms with Crippen molar-refractivity contribution in [1.29, 1.82) is 0 Å². The van der Waals surface area contributed by atoms with Gasteiger partial charge in [0.1, 0.15) is 5.69 Å². The second-order valence-electron chi connectivity index (χ2n) is 4.27. The van der Waals surface area contributed by atoms with Crippen LogP contribution in [0.25, 0.3) is 0 Å². The Bertz CT molecular complexity index is 331. The summed E-state index contributed by atoms with van der Waals surface area (Å²) in [6, 6.07) is 7.60. The lowest BCUT2D eigenvalue weighted by atomic mass is 10.2. The molecule has 1 aromatic carbocycles. The van der Waals surface area contributed by atoms with Crippen LogP contribution < -0.4 is 4.90 Å². The summed E-state index contributed by atoms with van der Waals surface area (Å²) in [5, 5.41) is 3.12. The zero-order chi connectivity index (χ0) is 12.5. The lowest BCUT2D eigenvalue weighted by molar-refractivity contribution is 0.678. The molecule has 0 bridgehead atoms. The molecule has 94 valence electrons. The molecule has 0 aromatic heterocycles. The normalized spacial score (nSPS) is 10.2. The van der Waals surface area contributed by atoms with E-state index in [1.54, 1.807) is 6.07 Å². The highest BCUT2D eigenvalue weighted by Gasteiger charge is 2.10. The van der Waals surface area contributed by atoms with Crippen LogP contribution in [-0.2, 0) is 0 Å². The lowest BCUT2D eigenvalue weighted by Crippen LogP contribution is -2.25. The van der Waals surface area contributed by atoms with E-state index in [4.69, 9.17) is 0 Å². The monoisotopic (exact) mass is 234 g/mol. The van der Waals surface area contributed by atoms with Crippen LogP contribution in [-0.4, -0.2) is 13.1 Å². The van der Waals surface area contributed by atoms with Gasteiger partial charge in [0, 0.05) is 13.1 Å². The van der Waals surface area contributed by atoms with Crippen molar-refractivity contribution in [3.05, 3.63) is 29.2 Å². The number of benzene rings is 1. The van der Waals surface area contributed by atoms with Gasteiger partial charge in [0.15, 0.2) is 0 Å². The van der Waals surface area contributed by atoms with Gasteiger partial charge in [-0.2, -0.15) is 0 Å². The van der Waals surface area contributed by atoms with Crippen LogP contribution in [0.5, 0.6) is 0 Å². The van der Waals surface area contributed by atoms with Gasteiger partial charge in [-0.3, -0.25) is 0 Å². The average Bonchev–Trinajstić information content (AvgIpc) is 2.39. The molecule has 0 atom stereocenters. The first-order valence-corrected chi connectivity index (χ1v) is 6.50. The number of unbranched alkanes of at least 4 members (excludes halogenated alkanes) is 2. The molecule has 0 aliphatic carbocycles. The van der Waals surface area contributed by atoms with Crippen LogP contribution >= 0.6 is 0 Å². The zero-order valence-electron chi connectivity index (χ0n) is 10.9. The van der Waals surface area contributed by atoms with Crippen molar-refractivity contribution in [1.82, 2.24) is 0 Å². The van der Waals surface area contributed by atoms with Crippen molar-refractivity contribution < 1.29 is 0 Å². The highest BCUT2D eigenvalue weighted by Crippen LogP contribution is 2.28. The standard InChI is InChI=1S/C14H22N2O/c1-3-5-11-16(12-6-4-2)14-10-8-7-9-13(14)15-17/h7-10H,3-6,11-12H2,1-2H3. The van der Waals surface area contributed by atoms with Gasteiger partial charge < -0.3 is 4.90 Å². The van der Waals surface area contributed by atoms with E-state index in [0.717, 1.165) is 31.6 Å². The number of anilines is 1. The van der Waals surface area contributed by atoms with E-state index in [1.165, 1.54) is 12.8 Å². The predicted molar refractivity (Wildman–Crippen MR) is 73.9 cm³/mol. The lowest BCUT2D eigenvalue weighted by Gasteiger charge is -2.25. The molecule has 0 saturated carbocycles. The largest absolute Gasteiger partial charge is 0.370 e. The van der Waals surface area contributed by atoms with E-state index in [2.05, 4.69) is 23.9 Å². The van der Waals surface area contributed by atoms with Crippen molar-refractivity contribution >= 4 is 11.4 Å². The van der Waals surface area contributed by atoms with Gasteiger partial charge in [-0.05, 0) is 30.2 Å². The van der Waals surface area contributed by atoms with Gasteiger partial charge >= 0.3 is 0 Å². The summed E-state index contributed by atoms with van der Waals surface area (Å²) in [5.74, 6) is 0. The minimum absolute atomic E-state index is 0.555. The Kier molecular flexibility index (Phi) is 6.30. The van der Waals surface area contributed by atoms with Crippen LogP contribution in [0.1, 0.15) is 39.5 Å². The fourth-order valence-electron chi connectivity index (χ4n) is 1.86. The number of para-hydroxylation sites is 1. The molecular formula is C14H22N2O. The second kappa shape index (κ2) is 7.82. The van der Waals surface area contributed by atoms with E-state index in [9.17, 15) is 4.91 Å². The van der Waals surface area contributed by atoms with Crippen molar-refractivity contribution in [3.63, 3.8) is 0 Å². The maximum atomic E-state index is 10.8. The quantitative estimate of drug-likeness (QED) is 0.621. The Labute approximate surface area is 104 Å². The molecule has 17 heavy (non-hydrogen) atoms. The molecule has 1 aromatic rings. The Morgan fingerprint density at radius 3 is 2.18 bits per heavy atom. The molecule has 0 saturated heterocycles. The fourth-order valence-corrected chi connectivity index (χ4v) is 1.86. The van der Waals surface area contributed by atoms with E-state index < -0.39 is 0 Å². The maximum Gasteiger partial charge on any atom is 0.131 e. The van der Waals surface area contributed by atoms with Crippen LogP contribution in [0.4, 0.5) is 11.4 Å². The fraction of sp³-hybridized carbons (Fsp3) is 0.571. The molecule has 0 aliphatic rings. The molecular weight excluding hydrogens is 212 g/mol. The third-order valence-corrected chi connectivity index (χ3v) is 2.88. The Balaban J connectivity index is 2.82. The minimum atomic E-state index is 0.555. The summed E-state index contributed by atoms with van der Waals surface area (Å²) in [5.41, 5.74) is 1.53. The molecule has 0 heterocycles. The van der Waals surface area contributed by atoms with Gasteiger partial charge in [-0.15, -0.1) is 4.91 Å². The molecule has 3 heteroatoms. The van der Waals surface area contributed by atoms with Crippen LogP contribution in [0.3, 0.4) is 0 Å². The molecule has 0 radical (unpaired) electrons. The highest BCUT2D eigenvalue weighted by atomic mass is 16.3. The second-order valence-corrected chi connectivity index (χ2v) is 4.27. The summed E-state index contributed by atoms with van der Waals surface area (Å²) in [6.45, 7) is 6.37. The van der Waals surface area contributed by atoms with Gasteiger partial charge in [0.25, 0.3) is 0 Å². The molecule has 0 aliphatic heterocycles. The molecule has 1 rings (SSSR count). The van der Waals surface area contributed by atoms with Crippen molar-refractivity contribution in [2.24, 2.45) is 5.18 Å². The number of nitroso groups, excluding NO2 is 1. The Morgan fingerprint density at radius 1 is 1.06 bits per heavy atom. The van der Waals surface area contributed by atoms with Crippen molar-refractivity contribution in [2.45, 2.75) is 39.5 Å². The van der Waals surface area contributed by atoms with Gasteiger partial charge in [-0.25, -0.2) is 0 Å². The third kappa shape index (κ3) is 4.17. The molecule has 0 unspecified atom stereocenters. The van der Waals surface area contributed by atoms with E-state index in [-0.39, 0.29) is 0 Å². The molecule has 3 nitrogen and oxygen atoms in total. The Morgan fingerprint density at radius 2 is 1.65 bits per heavy atom. The van der Waals surface area contributed by atoms with Crippen LogP contribution in [0, 0.1) is 4.91 Å². The highest BCUT2D eigenvalue weighted by molar-refractivity contribution is 5.66. The Hall–Kier alpha value is -1.38. The first-order chi connectivity index (χ1) is 8.33. The summed E-state index contributed by atoms with van der Waals surface area (Å²) in [4.78, 5) is 13.1. The average molecular weight is 234 g/mol. The van der Waals surface area contributed by atoms with Crippen molar-refractivity contribution in [3.8, 4) is 0 Å². The maximum absolute atomic E-state index is 10.8. The number of rotatable bonds is 8. The smallest absolute Gasteiger partial charge is 0.131 e. The summed E-state index contributed by atoms with van der Waals surface area (Å²) in [7, 11) is 0. The first kappa shape index (κ1) is 13.7. The van der Waals surface area contributed by atoms with Crippen LogP contribution in [0.15, 0.2) is 29.4 Å². The molecule has 0 spiro atoms. The predicted octanol–water partition coefficient (Wildman–Crippen LogP) is 4.49. The van der Waals surface area contributed by atoms with Gasteiger partial charge in [0.2, 0.25) is 0 Å². The molecule has 0 N–H and O–H groups in total. The summed E-state index contributed by atoms with van der Waals surface area (Å²) < 4.78 is 0. The van der Waals surface area contributed by atoms with E-state index in [0.29, 0.717) is 5.69 Å². The number of hydrogen-bond acceptors (Lipinski definition) is 3. The van der Waals surface area contributed by atoms with Crippen LogP contribution in [0.2, 0.25) is 0 Å². The number of nitrogens with zero attached hydrogens (tertiary/aromatic N) is 2. The SMILES string of the molecule is CCCCN(CCCC)c1ccccc1N=O. The van der Waals surface area contributed by atoms with Crippen molar-refractivity contribution in [2.75, 3.05) is 18.0 Å². The summed E-state index contributed by atoms with van der Waals surface area (Å²) >= 11 is 0. The van der Waals surface area contributed by atoms with E-state index in [1.807, 2.05) is 18.2 Å². The third-order valence-electron chi connectivity index (χ3n) is 2.88. The molecule has 0 amide bonds. The minimum Gasteiger partial charge on any atom is -0.370 e. The van der Waals surface area contributed by atoms with Gasteiger partial charge in [-0.1, -0.05) is 38.8 Å². The summed E-state index contributed by atoms with van der Waals surface area (Å²) in [6.07, 6.45) is 4.63. The van der Waals surface area contributed by atoms with E-state index >= 15 is 0 Å².